The van der Waals surface area contributed by atoms with E-state index >= 15 is 0 Å². The van der Waals surface area contributed by atoms with Crippen molar-refractivity contribution in [3.63, 3.8) is 0 Å². The predicted molar refractivity (Wildman–Crippen MR) is 80.2 cm³/mol. The van der Waals surface area contributed by atoms with Gasteiger partial charge in [-0.2, -0.15) is 0 Å². The number of hydrogen-bond acceptors (Lipinski definition) is 5. The molecule has 20 heavy (non-hydrogen) atoms. The Morgan fingerprint density at radius 1 is 1.05 bits per heavy atom. The lowest BCUT2D eigenvalue weighted by Gasteiger charge is -2.34. The summed E-state index contributed by atoms with van der Waals surface area (Å²) in [6.07, 6.45) is 1.49. The Labute approximate surface area is 123 Å². The maximum atomic E-state index is 11.8. The van der Waals surface area contributed by atoms with Gasteiger partial charge in [0, 0.05) is 25.4 Å². The maximum absolute atomic E-state index is 11.8. The lowest BCUT2D eigenvalue weighted by molar-refractivity contribution is -0.144. The van der Waals surface area contributed by atoms with Gasteiger partial charge in [-0.15, -0.1) is 0 Å². The topological polar surface area (TPSA) is 54.0 Å². The second-order valence-corrected chi connectivity index (χ2v) is 7.08. The van der Waals surface area contributed by atoms with Crippen LogP contribution in [0.2, 0.25) is 0 Å². The zero-order valence-electron chi connectivity index (χ0n) is 13.4. The van der Waals surface area contributed by atoms with Crippen molar-refractivity contribution in [2.45, 2.75) is 53.2 Å². The van der Waals surface area contributed by atoms with Gasteiger partial charge in [-0.3, -0.25) is 0 Å². The zero-order chi connectivity index (χ0) is 15.6. The number of hydrogen-bond donors (Lipinski definition) is 0. The third-order valence-electron chi connectivity index (χ3n) is 2.58. The maximum Gasteiger partial charge on any atom is 0.544 e. The van der Waals surface area contributed by atoms with Crippen molar-refractivity contribution in [2.24, 2.45) is 0 Å². The summed E-state index contributed by atoms with van der Waals surface area (Å²) in [6.45, 7) is 14.2. The summed E-state index contributed by atoms with van der Waals surface area (Å²) in [4.78, 5) is 11.8. The molecule has 118 valence electrons. The van der Waals surface area contributed by atoms with E-state index in [0.717, 1.165) is 6.42 Å². The Kier molecular flexibility index (Phi) is 9.74. The van der Waals surface area contributed by atoms with Crippen LogP contribution in [0.1, 0.15) is 47.5 Å². The number of ether oxygens (including phenoxy) is 1. The fraction of sp³-hybridized carbons (Fsp3) is 0.786. The van der Waals surface area contributed by atoms with Gasteiger partial charge in [-0.25, -0.2) is 4.79 Å². The Bertz CT molecular complexity index is 289. The van der Waals surface area contributed by atoms with Crippen molar-refractivity contribution in [2.75, 3.05) is 19.8 Å². The molecule has 0 spiro atoms. The predicted octanol–water partition coefficient (Wildman–Crippen LogP) is 2.86. The molecular formula is C14H28O5Si. The summed E-state index contributed by atoms with van der Waals surface area (Å²) >= 11 is 0. The largest absolute Gasteiger partial charge is 0.544 e. The average Bonchev–Trinajstić information content (AvgIpc) is 2.38. The molecule has 0 rings (SSSR count). The molecule has 0 saturated carbocycles. The molecule has 0 aromatic heterocycles. The molecule has 1 unspecified atom stereocenters. The van der Waals surface area contributed by atoms with Crippen LogP contribution in [0.4, 0.5) is 0 Å². The minimum Gasteiger partial charge on any atom is -0.454 e. The Hall–Kier alpha value is -0.693. The number of carbonyl (C=O) groups excluding carboxylic acids is 1. The van der Waals surface area contributed by atoms with E-state index in [0.29, 0.717) is 31.8 Å². The second-order valence-electron chi connectivity index (χ2n) is 4.37. The molecule has 0 N–H and O–H groups in total. The zero-order valence-corrected chi connectivity index (χ0v) is 14.4. The molecule has 0 aromatic carbocycles. The van der Waals surface area contributed by atoms with Gasteiger partial charge in [0.1, 0.15) is 0 Å². The smallest absolute Gasteiger partial charge is 0.454 e. The summed E-state index contributed by atoms with van der Waals surface area (Å²) in [5.41, 5.74) is -0.130. The van der Waals surface area contributed by atoms with Crippen LogP contribution in [-0.2, 0) is 22.8 Å². The normalized spacial score (nSPS) is 13.1. The lowest BCUT2D eigenvalue weighted by atomic mass is 10.3. The molecule has 1 atom stereocenters. The first-order chi connectivity index (χ1) is 9.47. The van der Waals surface area contributed by atoms with Crippen molar-refractivity contribution in [3.8, 4) is 0 Å². The first-order valence-corrected chi connectivity index (χ1v) is 9.05. The van der Waals surface area contributed by atoms with Crippen LogP contribution in [0.15, 0.2) is 12.2 Å². The van der Waals surface area contributed by atoms with E-state index in [-0.39, 0.29) is 0 Å². The SMILES string of the molecule is C=C(C)C(=O)OC(CCC)[Si](OCC)(OCC)OCC. The average molecular weight is 304 g/mol. The van der Waals surface area contributed by atoms with Crippen LogP contribution in [0.5, 0.6) is 0 Å². The highest BCUT2D eigenvalue weighted by atomic mass is 28.4. The summed E-state index contributed by atoms with van der Waals surface area (Å²) in [5, 5.41) is 0. The molecule has 0 radical (unpaired) electrons. The van der Waals surface area contributed by atoms with E-state index in [4.69, 9.17) is 18.0 Å². The summed E-state index contributed by atoms with van der Waals surface area (Å²) < 4.78 is 22.9. The van der Waals surface area contributed by atoms with E-state index in [1.54, 1.807) is 6.92 Å². The lowest BCUT2D eigenvalue weighted by Crippen LogP contribution is -2.58. The molecular weight excluding hydrogens is 276 g/mol. The summed E-state index contributed by atoms with van der Waals surface area (Å²) in [6, 6.07) is 0. The van der Waals surface area contributed by atoms with Crippen LogP contribution >= 0.6 is 0 Å². The van der Waals surface area contributed by atoms with Gasteiger partial charge in [0.2, 0.25) is 0 Å². The molecule has 0 saturated heterocycles. The van der Waals surface area contributed by atoms with Gasteiger partial charge in [-0.1, -0.05) is 19.9 Å². The number of esters is 1. The molecule has 0 aliphatic rings. The minimum absolute atomic E-state index is 0.360. The fourth-order valence-electron chi connectivity index (χ4n) is 1.81. The Morgan fingerprint density at radius 3 is 1.80 bits per heavy atom. The van der Waals surface area contributed by atoms with Crippen LogP contribution in [-0.4, -0.2) is 40.3 Å². The third-order valence-corrected chi connectivity index (χ3v) is 5.85. The van der Waals surface area contributed by atoms with Crippen molar-refractivity contribution in [1.82, 2.24) is 0 Å². The van der Waals surface area contributed by atoms with Gasteiger partial charge >= 0.3 is 14.8 Å². The van der Waals surface area contributed by atoms with Crippen LogP contribution in [0.25, 0.3) is 0 Å². The van der Waals surface area contributed by atoms with Gasteiger partial charge in [0.05, 0.1) is 0 Å². The van der Waals surface area contributed by atoms with Gasteiger partial charge in [0.25, 0.3) is 0 Å². The molecule has 5 nitrogen and oxygen atoms in total. The number of carbonyl (C=O) groups is 1. The second kappa shape index (κ2) is 10.1. The first-order valence-electron chi connectivity index (χ1n) is 7.25. The fourth-order valence-corrected chi connectivity index (χ4v) is 4.72. The van der Waals surface area contributed by atoms with Crippen molar-refractivity contribution in [1.29, 1.82) is 0 Å². The minimum atomic E-state index is -3.04. The molecule has 0 bridgehead atoms. The monoisotopic (exact) mass is 304 g/mol. The van der Waals surface area contributed by atoms with Crippen molar-refractivity contribution >= 4 is 14.8 Å². The molecule has 0 aromatic rings. The van der Waals surface area contributed by atoms with E-state index < -0.39 is 20.5 Å². The first kappa shape index (κ1) is 19.3. The van der Waals surface area contributed by atoms with Gasteiger partial charge in [0.15, 0.2) is 5.73 Å². The molecule has 6 heteroatoms. The Morgan fingerprint density at radius 2 is 1.50 bits per heavy atom. The molecule has 0 aliphatic carbocycles. The van der Waals surface area contributed by atoms with Crippen LogP contribution in [0.3, 0.4) is 0 Å². The van der Waals surface area contributed by atoms with Crippen LogP contribution < -0.4 is 0 Å². The summed E-state index contributed by atoms with van der Waals surface area (Å²) in [5.74, 6) is -0.431. The van der Waals surface area contributed by atoms with Crippen molar-refractivity contribution < 1.29 is 22.8 Å². The number of rotatable bonds is 11. The highest BCUT2D eigenvalue weighted by molar-refractivity contribution is 6.62. The summed E-state index contributed by atoms with van der Waals surface area (Å²) in [7, 11) is -3.04. The molecule has 0 amide bonds. The van der Waals surface area contributed by atoms with Crippen LogP contribution in [0, 0.1) is 0 Å². The standard InChI is InChI=1S/C14H28O5Si/c1-7-11-13(19-14(15)12(5)6)20(16-8-2,17-9-3)18-10-4/h13H,5,7-11H2,1-4,6H3. The Balaban J connectivity index is 5.25. The van der Waals surface area contributed by atoms with E-state index in [1.165, 1.54) is 0 Å². The molecule has 0 fully saturated rings. The quantitative estimate of drug-likeness (QED) is 0.334. The van der Waals surface area contributed by atoms with E-state index in [2.05, 4.69) is 6.58 Å². The van der Waals surface area contributed by atoms with Crippen molar-refractivity contribution in [3.05, 3.63) is 12.2 Å². The highest BCUT2D eigenvalue weighted by Gasteiger charge is 2.51. The molecule has 0 aliphatic heterocycles. The van der Waals surface area contributed by atoms with E-state index in [1.807, 2.05) is 27.7 Å². The van der Waals surface area contributed by atoms with Gasteiger partial charge < -0.3 is 18.0 Å². The molecule has 0 heterocycles. The van der Waals surface area contributed by atoms with Gasteiger partial charge in [-0.05, 0) is 34.1 Å². The highest BCUT2D eigenvalue weighted by Crippen LogP contribution is 2.23. The third kappa shape index (κ3) is 5.74. The van der Waals surface area contributed by atoms with E-state index in [9.17, 15) is 4.79 Å².